The molecular formula is C26H32ClFN2O3. The Balaban J connectivity index is 0.00000306. The highest BCUT2D eigenvalue weighted by molar-refractivity contribution is 5.96. The molecule has 0 aromatic heterocycles. The highest BCUT2D eigenvalue weighted by atomic mass is 35.5. The van der Waals surface area contributed by atoms with Gasteiger partial charge in [-0.05, 0) is 61.1 Å². The predicted molar refractivity (Wildman–Crippen MR) is 128 cm³/mol. The van der Waals surface area contributed by atoms with Crippen molar-refractivity contribution in [3.8, 4) is 5.75 Å². The van der Waals surface area contributed by atoms with Crippen molar-refractivity contribution in [3.63, 3.8) is 0 Å². The number of carbonyl (C=O) groups excluding carboxylic acids is 2. The monoisotopic (exact) mass is 474 g/mol. The molecule has 0 N–H and O–H groups in total. The van der Waals surface area contributed by atoms with E-state index in [1.54, 1.807) is 6.92 Å². The molecule has 33 heavy (non-hydrogen) atoms. The minimum Gasteiger partial charge on any atom is -0.492 e. The first-order valence-electron chi connectivity index (χ1n) is 11.5. The number of piperidine rings is 1. The van der Waals surface area contributed by atoms with Gasteiger partial charge in [-0.25, -0.2) is 4.39 Å². The quantitative estimate of drug-likeness (QED) is 0.561. The molecule has 2 aromatic carbocycles. The van der Waals surface area contributed by atoms with Crippen molar-refractivity contribution < 1.29 is 18.7 Å². The topological polar surface area (TPSA) is 49.9 Å². The Bertz CT molecular complexity index is 959. The van der Waals surface area contributed by atoms with E-state index in [1.165, 1.54) is 12.1 Å². The standard InChI is InChI=1S/C26H31FN2O3.ClH/c1-19(30)29-12-10-20(11-13-29)4-8-25(31)22-5-9-26-23(16-22)18-28(14-15-32-26)17-21-2-6-24(27)7-3-21;/h2-3,5-7,9,16,20H,4,8,10-15,17-18H2,1H3;1H. The van der Waals surface area contributed by atoms with Crippen molar-refractivity contribution in [2.75, 3.05) is 26.2 Å². The molecule has 2 aliphatic rings. The third-order valence-corrected chi connectivity index (χ3v) is 6.60. The lowest BCUT2D eigenvalue weighted by molar-refractivity contribution is -0.130. The number of rotatable bonds is 6. The van der Waals surface area contributed by atoms with E-state index in [0.29, 0.717) is 32.0 Å². The fourth-order valence-electron chi connectivity index (χ4n) is 4.62. The smallest absolute Gasteiger partial charge is 0.219 e. The van der Waals surface area contributed by atoms with Crippen LogP contribution in [0.15, 0.2) is 42.5 Å². The molecule has 0 spiro atoms. The molecule has 0 radical (unpaired) electrons. The van der Waals surface area contributed by atoms with E-state index < -0.39 is 0 Å². The number of benzene rings is 2. The highest BCUT2D eigenvalue weighted by Gasteiger charge is 2.22. The number of Topliss-reactive ketones (excluding diaryl/α,β-unsaturated/α-hetero) is 1. The summed E-state index contributed by atoms with van der Waals surface area (Å²) >= 11 is 0. The number of halogens is 2. The maximum Gasteiger partial charge on any atom is 0.219 e. The van der Waals surface area contributed by atoms with Crippen LogP contribution in [0.4, 0.5) is 4.39 Å². The van der Waals surface area contributed by atoms with Crippen LogP contribution in [0.2, 0.25) is 0 Å². The molecule has 178 valence electrons. The van der Waals surface area contributed by atoms with E-state index in [-0.39, 0.29) is 29.9 Å². The molecule has 2 aliphatic heterocycles. The number of nitrogens with zero attached hydrogens (tertiary/aromatic N) is 2. The Morgan fingerprint density at radius 2 is 1.79 bits per heavy atom. The summed E-state index contributed by atoms with van der Waals surface area (Å²) in [7, 11) is 0. The van der Waals surface area contributed by atoms with Gasteiger partial charge in [-0.2, -0.15) is 0 Å². The molecule has 0 bridgehead atoms. The average molecular weight is 475 g/mol. The molecule has 1 fully saturated rings. The summed E-state index contributed by atoms with van der Waals surface area (Å²) in [6.45, 7) is 5.97. The molecule has 2 heterocycles. The Labute approximate surface area is 201 Å². The number of hydrogen-bond acceptors (Lipinski definition) is 4. The minimum atomic E-state index is -0.231. The van der Waals surface area contributed by atoms with Gasteiger partial charge in [-0.1, -0.05) is 12.1 Å². The van der Waals surface area contributed by atoms with Crippen molar-refractivity contribution in [2.24, 2.45) is 5.92 Å². The van der Waals surface area contributed by atoms with Crippen LogP contribution in [0.5, 0.6) is 5.75 Å². The van der Waals surface area contributed by atoms with Crippen LogP contribution in [0.1, 0.15) is 54.1 Å². The third-order valence-electron chi connectivity index (χ3n) is 6.60. The van der Waals surface area contributed by atoms with Gasteiger partial charge in [0.1, 0.15) is 18.2 Å². The number of ketones is 1. The Morgan fingerprint density at radius 1 is 1.06 bits per heavy atom. The molecule has 0 unspecified atom stereocenters. The first-order chi connectivity index (χ1) is 15.5. The summed E-state index contributed by atoms with van der Waals surface area (Å²) in [4.78, 5) is 28.5. The fraction of sp³-hybridized carbons (Fsp3) is 0.462. The second-order valence-corrected chi connectivity index (χ2v) is 8.92. The second kappa shape index (κ2) is 11.6. The first-order valence-corrected chi connectivity index (χ1v) is 11.5. The van der Waals surface area contributed by atoms with Crippen molar-refractivity contribution in [2.45, 2.75) is 45.7 Å². The van der Waals surface area contributed by atoms with E-state index >= 15 is 0 Å². The van der Waals surface area contributed by atoms with Crippen molar-refractivity contribution in [1.29, 1.82) is 0 Å². The third kappa shape index (κ3) is 6.78. The van der Waals surface area contributed by atoms with Crippen molar-refractivity contribution in [3.05, 3.63) is 65.0 Å². The summed E-state index contributed by atoms with van der Waals surface area (Å²) in [5.74, 6) is 1.41. The Hall–Kier alpha value is -2.44. The van der Waals surface area contributed by atoms with Gasteiger partial charge in [0, 0.05) is 57.2 Å². The van der Waals surface area contributed by atoms with E-state index in [4.69, 9.17) is 4.74 Å². The fourth-order valence-corrected chi connectivity index (χ4v) is 4.62. The van der Waals surface area contributed by atoms with Gasteiger partial charge < -0.3 is 9.64 Å². The number of hydrogen-bond donors (Lipinski definition) is 0. The Morgan fingerprint density at radius 3 is 2.48 bits per heavy atom. The molecule has 1 saturated heterocycles. The molecule has 7 heteroatoms. The predicted octanol–water partition coefficient (Wildman–Crippen LogP) is 4.86. The van der Waals surface area contributed by atoms with Crippen LogP contribution in [-0.4, -0.2) is 47.7 Å². The lowest BCUT2D eigenvalue weighted by Gasteiger charge is -2.31. The number of carbonyl (C=O) groups is 2. The molecule has 5 nitrogen and oxygen atoms in total. The van der Waals surface area contributed by atoms with E-state index in [1.807, 2.05) is 35.2 Å². The van der Waals surface area contributed by atoms with Gasteiger partial charge in [0.05, 0.1) is 0 Å². The van der Waals surface area contributed by atoms with Crippen molar-refractivity contribution in [1.82, 2.24) is 9.80 Å². The number of fused-ring (bicyclic) bond motifs is 1. The van der Waals surface area contributed by atoms with Crippen LogP contribution in [0.25, 0.3) is 0 Å². The first kappa shape index (κ1) is 25.2. The van der Waals surface area contributed by atoms with Gasteiger partial charge >= 0.3 is 0 Å². The zero-order valence-electron chi connectivity index (χ0n) is 19.1. The average Bonchev–Trinajstić information content (AvgIpc) is 3.00. The summed E-state index contributed by atoms with van der Waals surface area (Å²) in [6, 6.07) is 12.3. The summed E-state index contributed by atoms with van der Waals surface area (Å²) in [5.41, 5.74) is 2.81. The SMILES string of the molecule is CC(=O)N1CCC(CCC(=O)c2ccc3c(c2)CN(Cc2ccc(F)cc2)CCO3)CC1.Cl. The second-order valence-electron chi connectivity index (χ2n) is 8.92. The summed E-state index contributed by atoms with van der Waals surface area (Å²) < 4.78 is 19.1. The molecule has 0 saturated carbocycles. The molecule has 0 atom stereocenters. The maximum atomic E-state index is 13.2. The van der Waals surface area contributed by atoms with E-state index in [2.05, 4.69) is 4.90 Å². The van der Waals surface area contributed by atoms with Gasteiger partial charge in [-0.3, -0.25) is 14.5 Å². The van der Waals surface area contributed by atoms with Gasteiger partial charge in [0.25, 0.3) is 0 Å². The zero-order chi connectivity index (χ0) is 22.5. The lowest BCUT2D eigenvalue weighted by atomic mass is 9.90. The number of ether oxygens (including phenoxy) is 1. The zero-order valence-corrected chi connectivity index (χ0v) is 19.9. The minimum absolute atomic E-state index is 0. The molecule has 4 rings (SSSR count). The van der Waals surface area contributed by atoms with Crippen molar-refractivity contribution >= 4 is 24.1 Å². The molecular weight excluding hydrogens is 443 g/mol. The summed E-state index contributed by atoms with van der Waals surface area (Å²) in [5, 5.41) is 0. The highest BCUT2D eigenvalue weighted by Crippen LogP contribution is 2.27. The van der Waals surface area contributed by atoms with Crippen LogP contribution in [0.3, 0.4) is 0 Å². The lowest BCUT2D eigenvalue weighted by Crippen LogP contribution is -2.37. The molecule has 1 amide bonds. The van der Waals surface area contributed by atoms with E-state index in [0.717, 1.165) is 61.3 Å². The molecule has 2 aromatic rings. The van der Waals surface area contributed by atoms with Gasteiger partial charge in [0.15, 0.2) is 5.78 Å². The maximum absolute atomic E-state index is 13.2. The summed E-state index contributed by atoms with van der Waals surface area (Å²) in [6.07, 6.45) is 3.35. The van der Waals surface area contributed by atoms with Gasteiger partial charge in [-0.15, -0.1) is 12.4 Å². The Kier molecular flexibility index (Phi) is 8.87. The van der Waals surface area contributed by atoms with Crippen LogP contribution in [-0.2, 0) is 17.9 Å². The molecule has 0 aliphatic carbocycles. The van der Waals surface area contributed by atoms with Crippen LogP contribution >= 0.6 is 12.4 Å². The van der Waals surface area contributed by atoms with Gasteiger partial charge in [0.2, 0.25) is 5.91 Å². The number of likely N-dealkylation sites (tertiary alicyclic amines) is 1. The van der Waals surface area contributed by atoms with Crippen LogP contribution < -0.4 is 4.74 Å². The number of amides is 1. The largest absolute Gasteiger partial charge is 0.492 e. The van der Waals surface area contributed by atoms with Crippen LogP contribution in [0, 0.1) is 11.7 Å². The normalized spacial score (nSPS) is 16.8. The van der Waals surface area contributed by atoms with E-state index in [9.17, 15) is 14.0 Å².